The fourth-order valence-corrected chi connectivity index (χ4v) is 5.39. The summed E-state index contributed by atoms with van der Waals surface area (Å²) in [6, 6.07) is 0. The van der Waals surface area contributed by atoms with Gasteiger partial charge in [0.15, 0.2) is 0 Å². The lowest BCUT2D eigenvalue weighted by molar-refractivity contribution is 0.426. The fraction of sp³-hybridized carbons (Fsp3) is 1.00. The molecule has 1 aliphatic rings. The van der Waals surface area contributed by atoms with E-state index in [2.05, 4.69) is 6.92 Å². The minimum Gasteiger partial charge on any atom is -0.372 e. The first kappa shape index (κ1) is 22.7. The molecule has 0 saturated carbocycles. The highest BCUT2D eigenvalue weighted by Gasteiger charge is 2.21. The standard InChI is InChI=1S/C21H42OS2/c1-2-3-4-5-6-7-8-9-10-11-12-13-14-15-16-17-18-23-24-20-21-19-22-21/h21H,2-20H2,1H3. The van der Waals surface area contributed by atoms with Gasteiger partial charge in [0.1, 0.15) is 0 Å². The highest BCUT2D eigenvalue weighted by Crippen LogP contribution is 2.27. The molecule has 0 radical (unpaired) electrons. The second-order valence-electron chi connectivity index (χ2n) is 7.37. The molecule has 1 unspecified atom stereocenters. The maximum Gasteiger partial charge on any atom is 0.0908 e. The average Bonchev–Trinajstić information content (AvgIpc) is 3.41. The minimum atomic E-state index is 0.591. The number of epoxide rings is 1. The fourth-order valence-electron chi connectivity index (χ4n) is 3.06. The number of rotatable bonds is 20. The Morgan fingerprint density at radius 3 is 1.46 bits per heavy atom. The molecule has 1 atom stereocenters. The first-order valence-electron chi connectivity index (χ1n) is 10.8. The van der Waals surface area contributed by atoms with Gasteiger partial charge in [-0.3, -0.25) is 0 Å². The zero-order valence-electron chi connectivity index (χ0n) is 16.2. The van der Waals surface area contributed by atoms with Crippen molar-refractivity contribution in [3.8, 4) is 0 Å². The van der Waals surface area contributed by atoms with Crippen molar-refractivity contribution in [1.82, 2.24) is 0 Å². The Balaban J connectivity index is 1.59. The first-order valence-corrected chi connectivity index (χ1v) is 13.3. The zero-order valence-corrected chi connectivity index (χ0v) is 17.9. The van der Waals surface area contributed by atoms with Crippen LogP contribution in [-0.4, -0.2) is 24.2 Å². The highest BCUT2D eigenvalue weighted by atomic mass is 33.1. The van der Waals surface area contributed by atoms with Crippen molar-refractivity contribution in [3.63, 3.8) is 0 Å². The molecule has 0 aromatic rings. The summed E-state index contributed by atoms with van der Waals surface area (Å²) in [4.78, 5) is 0. The second-order valence-corrected chi connectivity index (χ2v) is 9.99. The van der Waals surface area contributed by atoms with Gasteiger partial charge in [-0.05, 0) is 6.42 Å². The van der Waals surface area contributed by atoms with E-state index in [9.17, 15) is 0 Å². The molecule has 0 aliphatic carbocycles. The Labute approximate surface area is 160 Å². The lowest BCUT2D eigenvalue weighted by atomic mass is 10.0. The van der Waals surface area contributed by atoms with Gasteiger partial charge in [0.25, 0.3) is 0 Å². The molecule has 0 spiro atoms. The molecule has 1 fully saturated rings. The summed E-state index contributed by atoms with van der Waals surface area (Å²) in [5, 5.41) is 0. The van der Waals surface area contributed by atoms with Gasteiger partial charge in [0.05, 0.1) is 12.7 Å². The van der Waals surface area contributed by atoms with Crippen LogP contribution < -0.4 is 0 Å². The van der Waals surface area contributed by atoms with Crippen LogP contribution in [-0.2, 0) is 4.74 Å². The maximum absolute atomic E-state index is 5.21. The normalized spacial score (nSPS) is 16.6. The van der Waals surface area contributed by atoms with Crippen LogP contribution in [0.1, 0.15) is 110 Å². The van der Waals surface area contributed by atoms with Crippen LogP contribution in [0, 0.1) is 0 Å². The summed E-state index contributed by atoms with van der Waals surface area (Å²) in [7, 11) is 4.05. The Bertz CT molecular complexity index is 244. The Kier molecular flexibility index (Phi) is 17.5. The third kappa shape index (κ3) is 17.5. The topological polar surface area (TPSA) is 12.5 Å². The molecule has 24 heavy (non-hydrogen) atoms. The van der Waals surface area contributed by atoms with E-state index in [0.717, 1.165) is 6.61 Å². The zero-order chi connectivity index (χ0) is 17.1. The predicted molar refractivity (Wildman–Crippen MR) is 114 cm³/mol. The third-order valence-corrected chi connectivity index (χ3v) is 7.36. The lowest BCUT2D eigenvalue weighted by Crippen LogP contribution is -1.87. The van der Waals surface area contributed by atoms with Gasteiger partial charge in [-0.2, -0.15) is 0 Å². The van der Waals surface area contributed by atoms with Crippen molar-refractivity contribution in [2.75, 3.05) is 18.1 Å². The third-order valence-electron chi connectivity index (χ3n) is 4.82. The molecule has 0 N–H and O–H groups in total. The van der Waals surface area contributed by atoms with Crippen LogP contribution in [0.5, 0.6) is 0 Å². The second kappa shape index (κ2) is 18.5. The van der Waals surface area contributed by atoms with E-state index in [1.165, 1.54) is 114 Å². The molecule has 0 bridgehead atoms. The quantitative estimate of drug-likeness (QED) is 0.121. The Morgan fingerprint density at radius 2 is 1.04 bits per heavy atom. The van der Waals surface area contributed by atoms with Crippen LogP contribution in [0.25, 0.3) is 0 Å². The Morgan fingerprint density at radius 1 is 0.625 bits per heavy atom. The molecule has 0 amide bonds. The van der Waals surface area contributed by atoms with Crippen molar-refractivity contribution in [2.24, 2.45) is 0 Å². The molecule has 1 nitrogen and oxygen atoms in total. The smallest absolute Gasteiger partial charge is 0.0908 e. The van der Waals surface area contributed by atoms with Crippen LogP contribution in [0.3, 0.4) is 0 Å². The van der Waals surface area contributed by atoms with Gasteiger partial charge in [0.2, 0.25) is 0 Å². The average molecular weight is 375 g/mol. The van der Waals surface area contributed by atoms with Crippen molar-refractivity contribution < 1.29 is 4.74 Å². The molecule has 1 heterocycles. The largest absolute Gasteiger partial charge is 0.372 e. The van der Waals surface area contributed by atoms with Gasteiger partial charge in [-0.15, -0.1) is 0 Å². The van der Waals surface area contributed by atoms with Crippen molar-refractivity contribution >= 4 is 21.6 Å². The summed E-state index contributed by atoms with van der Waals surface area (Å²) in [5.74, 6) is 2.53. The lowest BCUT2D eigenvalue weighted by Gasteiger charge is -2.03. The molecule has 0 aromatic carbocycles. The molecule has 1 aliphatic heterocycles. The monoisotopic (exact) mass is 374 g/mol. The Hall–Kier alpha value is 0.660. The summed E-state index contributed by atoms with van der Waals surface area (Å²) in [5.41, 5.74) is 0. The summed E-state index contributed by atoms with van der Waals surface area (Å²) in [6.07, 6.45) is 23.9. The first-order chi connectivity index (χ1) is 11.9. The molecular formula is C21H42OS2. The van der Waals surface area contributed by atoms with Crippen LogP contribution >= 0.6 is 21.6 Å². The van der Waals surface area contributed by atoms with E-state index in [-0.39, 0.29) is 0 Å². The molecule has 1 saturated heterocycles. The van der Waals surface area contributed by atoms with Gasteiger partial charge >= 0.3 is 0 Å². The number of ether oxygens (including phenoxy) is 1. The van der Waals surface area contributed by atoms with E-state index < -0.39 is 0 Å². The minimum absolute atomic E-state index is 0.591. The number of hydrogen-bond donors (Lipinski definition) is 0. The SMILES string of the molecule is CCCCCCCCCCCCCCCCCCSSCC1CO1. The van der Waals surface area contributed by atoms with E-state index in [0.29, 0.717) is 6.10 Å². The molecule has 0 aromatic heterocycles. The molecule has 144 valence electrons. The van der Waals surface area contributed by atoms with E-state index >= 15 is 0 Å². The maximum atomic E-state index is 5.21. The van der Waals surface area contributed by atoms with Crippen molar-refractivity contribution in [3.05, 3.63) is 0 Å². The van der Waals surface area contributed by atoms with Gasteiger partial charge in [-0.1, -0.05) is 125 Å². The summed E-state index contributed by atoms with van der Waals surface area (Å²) >= 11 is 0. The van der Waals surface area contributed by atoms with E-state index in [4.69, 9.17) is 4.74 Å². The predicted octanol–water partition coefficient (Wildman–Crippen LogP) is 8.03. The van der Waals surface area contributed by atoms with Crippen LogP contribution in [0.15, 0.2) is 0 Å². The molecular weight excluding hydrogens is 332 g/mol. The molecule has 1 rings (SSSR count). The van der Waals surface area contributed by atoms with E-state index in [1.807, 2.05) is 21.6 Å². The number of hydrogen-bond acceptors (Lipinski definition) is 3. The summed E-state index contributed by atoms with van der Waals surface area (Å²) in [6.45, 7) is 3.30. The van der Waals surface area contributed by atoms with Crippen LogP contribution in [0.2, 0.25) is 0 Å². The van der Waals surface area contributed by atoms with Gasteiger partial charge in [0, 0.05) is 11.5 Å². The number of unbranched alkanes of at least 4 members (excludes halogenated alkanes) is 15. The van der Waals surface area contributed by atoms with E-state index in [1.54, 1.807) is 0 Å². The van der Waals surface area contributed by atoms with Crippen LogP contribution in [0.4, 0.5) is 0 Å². The highest BCUT2D eigenvalue weighted by molar-refractivity contribution is 8.76. The van der Waals surface area contributed by atoms with Gasteiger partial charge in [-0.25, -0.2) is 0 Å². The van der Waals surface area contributed by atoms with Crippen molar-refractivity contribution in [1.29, 1.82) is 0 Å². The van der Waals surface area contributed by atoms with Crippen molar-refractivity contribution in [2.45, 2.75) is 116 Å². The molecule has 3 heteroatoms. The van der Waals surface area contributed by atoms with Gasteiger partial charge < -0.3 is 4.74 Å². The summed E-state index contributed by atoms with van der Waals surface area (Å²) < 4.78 is 5.21.